The second kappa shape index (κ2) is 7.78. The number of benzene rings is 2. The van der Waals surface area contributed by atoms with E-state index in [1.54, 1.807) is 12.3 Å². The Bertz CT molecular complexity index is 920. The molecule has 1 heterocycles. The molecule has 132 valence electrons. The van der Waals surface area contributed by atoms with Crippen LogP contribution in [0, 0.1) is 20.8 Å². The SMILES string of the molecule is Cc1ccc(CNC(=O)c2ccnc(Nc3ccc(C)cc3C)n2)cc1. The van der Waals surface area contributed by atoms with Gasteiger partial charge in [0.25, 0.3) is 5.91 Å². The van der Waals surface area contributed by atoms with Crippen LogP contribution >= 0.6 is 0 Å². The predicted octanol–water partition coefficient (Wildman–Crippen LogP) is 4.08. The normalized spacial score (nSPS) is 10.4. The quantitative estimate of drug-likeness (QED) is 0.731. The molecule has 2 N–H and O–H groups in total. The third kappa shape index (κ3) is 4.45. The van der Waals surface area contributed by atoms with E-state index in [2.05, 4.69) is 26.7 Å². The van der Waals surface area contributed by atoms with Gasteiger partial charge in [-0.15, -0.1) is 0 Å². The summed E-state index contributed by atoms with van der Waals surface area (Å²) >= 11 is 0. The summed E-state index contributed by atoms with van der Waals surface area (Å²) in [7, 11) is 0. The fourth-order valence-corrected chi connectivity index (χ4v) is 2.60. The van der Waals surface area contributed by atoms with Crippen molar-refractivity contribution in [1.29, 1.82) is 0 Å². The molecular weight excluding hydrogens is 324 g/mol. The highest BCUT2D eigenvalue weighted by atomic mass is 16.1. The Morgan fingerprint density at radius 3 is 2.42 bits per heavy atom. The van der Waals surface area contributed by atoms with E-state index in [4.69, 9.17) is 0 Å². The highest BCUT2D eigenvalue weighted by molar-refractivity contribution is 5.92. The first-order valence-corrected chi connectivity index (χ1v) is 8.52. The first-order chi connectivity index (χ1) is 12.5. The van der Waals surface area contributed by atoms with E-state index >= 15 is 0 Å². The van der Waals surface area contributed by atoms with E-state index in [1.165, 1.54) is 11.1 Å². The third-order valence-electron chi connectivity index (χ3n) is 4.09. The van der Waals surface area contributed by atoms with Crippen LogP contribution in [-0.4, -0.2) is 15.9 Å². The molecule has 0 aliphatic carbocycles. The Labute approximate surface area is 153 Å². The van der Waals surface area contributed by atoms with Crippen molar-refractivity contribution in [2.45, 2.75) is 27.3 Å². The fraction of sp³-hybridized carbons (Fsp3) is 0.190. The van der Waals surface area contributed by atoms with Crippen LogP contribution in [0.25, 0.3) is 0 Å². The van der Waals surface area contributed by atoms with E-state index in [-0.39, 0.29) is 5.91 Å². The number of aromatic nitrogens is 2. The molecule has 3 rings (SSSR count). The van der Waals surface area contributed by atoms with Crippen LogP contribution in [0.4, 0.5) is 11.6 Å². The standard InChI is InChI=1S/C21H22N4O/c1-14-4-7-17(8-5-14)13-23-20(26)19-10-11-22-21(25-19)24-18-9-6-15(2)12-16(18)3/h4-12H,13H2,1-3H3,(H,23,26)(H,22,24,25). The van der Waals surface area contributed by atoms with Gasteiger partial charge in [-0.3, -0.25) is 4.79 Å². The Balaban J connectivity index is 1.68. The summed E-state index contributed by atoms with van der Waals surface area (Å²) in [6.45, 7) is 6.57. The molecule has 0 bridgehead atoms. The second-order valence-electron chi connectivity index (χ2n) is 6.38. The number of carbonyl (C=O) groups excluding carboxylic acids is 1. The number of hydrogen-bond acceptors (Lipinski definition) is 4. The van der Waals surface area contributed by atoms with Crippen LogP contribution < -0.4 is 10.6 Å². The van der Waals surface area contributed by atoms with E-state index in [0.29, 0.717) is 18.2 Å². The van der Waals surface area contributed by atoms with Crippen molar-refractivity contribution in [2.24, 2.45) is 0 Å². The number of anilines is 2. The van der Waals surface area contributed by atoms with E-state index in [1.807, 2.05) is 57.2 Å². The number of nitrogens with one attached hydrogen (secondary N) is 2. The number of nitrogens with zero attached hydrogens (tertiary/aromatic N) is 2. The molecule has 3 aromatic rings. The number of hydrogen-bond donors (Lipinski definition) is 2. The van der Waals surface area contributed by atoms with Crippen molar-refractivity contribution in [3.05, 3.63) is 82.7 Å². The number of amides is 1. The van der Waals surface area contributed by atoms with Crippen molar-refractivity contribution in [1.82, 2.24) is 15.3 Å². The lowest BCUT2D eigenvalue weighted by molar-refractivity contribution is 0.0946. The average molecular weight is 346 g/mol. The molecule has 5 nitrogen and oxygen atoms in total. The fourth-order valence-electron chi connectivity index (χ4n) is 2.60. The van der Waals surface area contributed by atoms with Gasteiger partial charge in [0, 0.05) is 18.4 Å². The molecule has 0 atom stereocenters. The van der Waals surface area contributed by atoms with Crippen molar-refractivity contribution in [2.75, 3.05) is 5.32 Å². The van der Waals surface area contributed by atoms with Gasteiger partial charge in [-0.05, 0) is 44.0 Å². The largest absolute Gasteiger partial charge is 0.347 e. The molecular formula is C21H22N4O. The molecule has 1 aromatic heterocycles. The minimum atomic E-state index is -0.225. The molecule has 0 saturated heterocycles. The van der Waals surface area contributed by atoms with Crippen LogP contribution in [0.1, 0.15) is 32.7 Å². The van der Waals surface area contributed by atoms with Crippen LogP contribution in [0.5, 0.6) is 0 Å². The van der Waals surface area contributed by atoms with Gasteiger partial charge in [0.2, 0.25) is 5.95 Å². The van der Waals surface area contributed by atoms with Crippen molar-refractivity contribution >= 4 is 17.5 Å². The van der Waals surface area contributed by atoms with Crippen molar-refractivity contribution in [3.8, 4) is 0 Å². The van der Waals surface area contributed by atoms with Crippen LogP contribution in [-0.2, 0) is 6.54 Å². The maximum Gasteiger partial charge on any atom is 0.270 e. The summed E-state index contributed by atoms with van der Waals surface area (Å²) in [5.74, 6) is 0.177. The first kappa shape index (κ1) is 17.6. The zero-order valence-corrected chi connectivity index (χ0v) is 15.2. The maximum absolute atomic E-state index is 12.4. The smallest absolute Gasteiger partial charge is 0.270 e. The van der Waals surface area contributed by atoms with Gasteiger partial charge in [0.1, 0.15) is 5.69 Å². The summed E-state index contributed by atoms with van der Waals surface area (Å²) in [6.07, 6.45) is 1.58. The van der Waals surface area contributed by atoms with Gasteiger partial charge in [-0.2, -0.15) is 0 Å². The molecule has 0 fully saturated rings. The van der Waals surface area contributed by atoms with Gasteiger partial charge in [-0.1, -0.05) is 47.5 Å². The van der Waals surface area contributed by atoms with Crippen molar-refractivity contribution in [3.63, 3.8) is 0 Å². The Hall–Kier alpha value is -3.21. The third-order valence-corrected chi connectivity index (χ3v) is 4.09. The number of rotatable bonds is 5. The molecule has 2 aromatic carbocycles. The highest BCUT2D eigenvalue weighted by Crippen LogP contribution is 2.19. The molecule has 1 amide bonds. The lowest BCUT2D eigenvalue weighted by Gasteiger charge is -2.10. The predicted molar refractivity (Wildman–Crippen MR) is 104 cm³/mol. The molecule has 0 spiro atoms. The molecule has 0 radical (unpaired) electrons. The zero-order valence-electron chi connectivity index (χ0n) is 15.2. The highest BCUT2D eigenvalue weighted by Gasteiger charge is 2.09. The Morgan fingerprint density at radius 2 is 1.69 bits per heavy atom. The van der Waals surface area contributed by atoms with Gasteiger partial charge in [-0.25, -0.2) is 9.97 Å². The summed E-state index contributed by atoms with van der Waals surface area (Å²) in [4.78, 5) is 20.9. The lowest BCUT2D eigenvalue weighted by Crippen LogP contribution is -2.24. The van der Waals surface area contributed by atoms with Gasteiger partial charge < -0.3 is 10.6 Å². The number of carbonyl (C=O) groups is 1. The van der Waals surface area contributed by atoms with Crippen LogP contribution in [0.3, 0.4) is 0 Å². The van der Waals surface area contributed by atoms with Crippen LogP contribution in [0.2, 0.25) is 0 Å². The minimum absolute atomic E-state index is 0.225. The van der Waals surface area contributed by atoms with Gasteiger partial charge in [0.05, 0.1) is 0 Å². The van der Waals surface area contributed by atoms with E-state index in [0.717, 1.165) is 16.8 Å². The minimum Gasteiger partial charge on any atom is -0.347 e. The number of aryl methyl sites for hydroxylation is 3. The van der Waals surface area contributed by atoms with Crippen molar-refractivity contribution < 1.29 is 4.79 Å². The maximum atomic E-state index is 12.4. The molecule has 0 unspecified atom stereocenters. The van der Waals surface area contributed by atoms with Crippen LogP contribution in [0.15, 0.2) is 54.7 Å². The monoisotopic (exact) mass is 346 g/mol. The molecule has 0 aliphatic heterocycles. The Morgan fingerprint density at radius 1 is 0.962 bits per heavy atom. The summed E-state index contributed by atoms with van der Waals surface area (Å²) in [6, 6.07) is 15.8. The Kier molecular flexibility index (Phi) is 5.27. The van der Waals surface area contributed by atoms with E-state index in [9.17, 15) is 4.79 Å². The molecule has 0 saturated carbocycles. The molecule has 5 heteroatoms. The zero-order chi connectivity index (χ0) is 18.5. The van der Waals surface area contributed by atoms with Gasteiger partial charge >= 0.3 is 0 Å². The van der Waals surface area contributed by atoms with E-state index < -0.39 is 0 Å². The average Bonchev–Trinajstić information content (AvgIpc) is 2.63. The lowest BCUT2D eigenvalue weighted by atomic mass is 10.1. The first-order valence-electron chi connectivity index (χ1n) is 8.52. The second-order valence-corrected chi connectivity index (χ2v) is 6.38. The van der Waals surface area contributed by atoms with Gasteiger partial charge in [0.15, 0.2) is 0 Å². The molecule has 0 aliphatic rings. The summed E-state index contributed by atoms with van der Waals surface area (Å²) < 4.78 is 0. The summed E-state index contributed by atoms with van der Waals surface area (Å²) in [5, 5.41) is 6.06. The molecule has 26 heavy (non-hydrogen) atoms. The summed E-state index contributed by atoms with van der Waals surface area (Å²) in [5.41, 5.74) is 5.79. The topological polar surface area (TPSA) is 66.9 Å².